The zero-order valence-corrected chi connectivity index (χ0v) is 15.4. The van der Waals surface area contributed by atoms with Gasteiger partial charge in [-0.05, 0) is 24.3 Å². The van der Waals surface area contributed by atoms with Crippen LogP contribution in [-0.2, 0) is 4.79 Å². The molecule has 2 aromatic heterocycles. The molecule has 0 saturated heterocycles. The molecule has 0 fully saturated rings. The maximum Gasteiger partial charge on any atom is 0.230 e. The molecule has 0 spiro atoms. The number of carbonyl (C=O) groups excluding carboxylic acids is 1. The van der Waals surface area contributed by atoms with Crippen molar-refractivity contribution in [2.45, 2.75) is 5.16 Å². The second-order valence-electron chi connectivity index (χ2n) is 5.29. The molecular formula is C17H19N5O4S. The molecule has 3 aromatic rings. The fourth-order valence-electron chi connectivity index (χ4n) is 2.22. The van der Waals surface area contributed by atoms with Gasteiger partial charge in [0, 0.05) is 0 Å². The second kappa shape index (κ2) is 8.99. The number of para-hydroxylation sites is 2. The van der Waals surface area contributed by atoms with Crippen molar-refractivity contribution < 1.29 is 18.7 Å². The number of benzene rings is 1. The Hall–Kier alpha value is -3.14. The monoisotopic (exact) mass is 389 g/mol. The molecule has 3 rings (SSSR count). The number of amides is 1. The first kappa shape index (κ1) is 18.6. The number of aromatic nitrogens is 3. The minimum atomic E-state index is -0.161. The van der Waals surface area contributed by atoms with Crippen molar-refractivity contribution in [2.75, 3.05) is 31.9 Å². The van der Waals surface area contributed by atoms with Crippen LogP contribution >= 0.6 is 11.8 Å². The zero-order valence-electron chi connectivity index (χ0n) is 14.6. The van der Waals surface area contributed by atoms with Gasteiger partial charge < -0.3 is 25.1 Å². The quantitative estimate of drug-likeness (QED) is 0.322. The van der Waals surface area contributed by atoms with Crippen molar-refractivity contribution in [2.24, 2.45) is 0 Å². The molecule has 9 nitrogen and oxygen atoms in total. The minimum Gasteiger partial charge on any atom is -0.493 e. The van der Waals surface area contributed by atoms with Crippen LogP contribution in [0, 0.1) is 0 Å². The maximum atomic E-state index is 12.0. The number of nitrogens with two attached hydrogens (primary N) is 1. The van der Waals surface area contributed by atoms with Gasteiger partial charge >= 0.3 is 0 Å². The first-order chi connectivity index (χ1) is 13.2. The molecule has 3 N–H and O–H groups in total. The van der Waals surface area contributed by atoms with Gasteiger partial charge in [-0.1, -0.05) is 23.9 Å². The van der Waals surface area contributed by atoms with E-state index in [1.165, 1.54) is 22.7 Å². The van der Waals surface area contributed by atoms with Crippen LogP contribution in [0.5, 0.6) is 11.5 Å². The Morgan fingerprint density at radius 2 is 2.07 bits per heavy atom. The summed E-state index contributed by atoms with van der Waals surface area (Å²) in [6.45, 7) is 0.691. The normalized spacial score (nSPS) is 10.6. The number of carbonyl (C=O) groups is 1. The molecule has 2 heterocycles. The van der Waals surface area contributed by atoms with Crippen LogP contribution < -0.4 is 20.6 Å². The van der Waals surface area contributed by atoms with E-state index in [0.29, 0.717) is 41.4 Å². The van der Waals surface area contributed by atoms with Crippen LogP contribution in [0.3, 0.4) is 0 Å². The Balaban J connectivity index is 1.41. The third kappa shape index (κ3) is 4.73. The van der Waals surface area contributed by atoms with Gasteiger partial charge in [0.1, 0.15) is 6.61 Å². The highest BCUT2D eigenvalue weighted by Gasteiger charge is 2.15. The summed E-state index contributed by atoms with van der Waals surface area (Å²) in [7, 11) is 1.58. The van der Waals surface area contributed by atoms with Crippen LogP contribution in [0.1, 0.15) is 0 Å². The molecule has 1 amide bonds. The van der Waals surface area contributed by atoms with Gasteiger partial charge in [0.2, 0.25) is 16.9 Å². The Kier molecular flexibility index (Phi) is 6.21. The van der Waals surface area contributed by atoms with Crippen molar-refractivity contribution in [3.8, 4) is 23.1 Å². The minimum absolute atomic E-state index is 0.155. The number of methoxy groups -OCH3 is 1. The number of hydrogen-bond donors (Lipinski definition) is 2. The third-order valence-corrected chi connectivity index (χ3v) is 4.43. The van der Waals surface area contributed by atoms with E-state index in [0.717, 1.165) is 0 Å². The number of furan rings is 1. The first-order valence-electron chi connectivity index (χ1n) is 8.08. The van der Waals surface area contributed by atoms with Gasteiger partial charge in [0.15, 0.2) is 17.3 Å². The molecule has 0 aliphatic carbocycles. The molecule has 27 heavy (non-hydrogen) atoms. The SMILES string of the molecule is COc1ccccc1OCCNC(=O)CSc1nnc(-c2ccco2)n1N. The number of hydrogen-bond acceptors (Lipinski definition) is 8. The summed E-state index contributed by atoms with van der Waals surface area (Å²) < 4.78 is 17.3. The Morgan fingerprint density at radius 1 is 1.26 bits per heavy atom. The van der Waals surface area contributed by atoms with E-state index in [2.05, 4.69) is 15.5 Å². The Labute approximate surface area is 159 Å². The number of rotatable bonds is 9. The van der Waals surface area contributed by atoms with Gasteiger partial charge in [-0.3, -0.25) is 4.79 Å². The summed E-state index contributed by atoms with van der Waals surface area (Å²) in [6.07, 6.45) is 1.53. The fourth-order valence-corrected chi connectivity index (χ4v) is 2.91. The molecule has 1 aromatic carbocycles. The van der Waals surface area contributed by atoms with Gasteiger partial charge in [0.05, 0.1) is 25.7 Å². The number of nitrogens with zero attached hydrogens (tertiary/aromatic N) is 3. The van der Waals surface area contributed by atoms with Crippen molar-refractivity contribution in [1.82, 2.24) is 20.2 Å². The maximum absolute atomic E-state index is 12.0. The van der Waals surface area contributed by atoms with Crippen molar-refractivity contribution >= 4 is 17.7 Å². The van der Waals surface area contributed by atoms with Crippen LogP contribution in [0.2, 0.25) is 0 Å². The van der Waals surface area contributed by atoms with Gasteiger partial charge in [0.25, 0.3) is 0 Å². The Bertz CT molecular complexity index is 881. The van der Waals surface area contributed by atoms with Gasteiger partial charge in [-0.15, -0.1) is 10.2 Å². The number of ether oxygens (including phenoxy) is 2. The van der Waals surface area contributed by atoms with E-state index in [4.69, 9.17) is 19.7 Å². The summed E-state index contributed by atoms with van der Waals surface area (Å²) in [5.74, 6) is 8.12. The number of nitrogens with one attached hydrogen (secondary N) is 1. The van der Waals surface area contributed by atoms with Gasteiger partial charge in [-0.2, -0.15) is 0 Å². The van der Waals surface area contributed by atoms with Crippen molar-refractivity contribution in [3.05, 3.63) is 42.7 Å². The topological polar surface area (TPSA) is 117 Å². The molecule has 0 aliphatic heterocycles. The van der Waals surface area contributed by atoms with E-state index in [1.807, 2.05) is 18.2 Å². The summed E-state index contributed by atoms with van der Waals surface area (Å²) in [6, 6.07) is 10.8. The molecule has 0 atom stereocenters. The standard InChI is InChI=1S/C17H19N5O4S/c1-24-12-5-2-3-6-13(12)26-10-8-19-15(23)11-27-17-21-20-16(22(17)18)14-7-4-9-25-14/h2-7,9H,8,10-11,18H2,1H3,(H,19,23). The molecule has 142 valence electrons. The molecule has 0 bridgehead atoms. The first-order valence-corrected chi connectivity index (χ1v) is 9.07. The van der Waals surface area contributed by atoms with Gasteiger partial charge in [-0.25, -0.2) is 4.68 Å². The average molecular weight is 389 g/mol. The van der Waals surface area contributed by atoms with E-state index < -0.39 is 0 Å². The van der Waals surface area contributed by atoms with Crippen LogP contribution in [0.15, 0.2) is 52.2 Å². The van der Waals surface area contributed by atoms with Crippen LogP contribution in [0.4, 0.5) is 0 Å². The van der Waals surface area contributed by atoms with Crippen molar-refractivity contribution in [3.63, 3.8) is 0 Å². The Morgan fingerprint density at radius 3 is 2.81 bits per heavy atom. The second-order valence-corrected chi connectivity index (χ2v) is 6.23. The highest BCUT2D eigenvalue weighted by Crippen LogP contribution is 2.25. The summed E-state index contributed by atoms with van der Waals surface area (Å²) >= 11 is 1.18. The zero-order chi connectivity index (χ0) is 19.1. The molecule has 0 saturated carbocycles. The van der Waals surface area contributed by atoms with Crippen LogP contribution in [0.25, 0.3) is 11.6 Å². The van der Waals surface area contributed by atoms with E-state index in [-0.39, 0.29) is 11.7 Å². The van der Waals surface area contributed by atoms with Crippen molar-refractivity contribution in [1.29, 1.82) is 0 Å². The molecular weight excluding hydrogens is 370 g/mol. The lowest BCUT2D eigenvalue weighted by Crippen LogP contribution is -2.29. The summed E-state index contributed by atoms with van der Waals surface area (Å²) in [5.41, 5.74) is 0. The summed E-state index contributed by atoms with van der Waals surface area (Å²) in [4.78, 5) is 12.0. The third-order valence-electron chi connectivity index (χ3n) is 3.49. The van der Waals surface area contributed by atoms with Crippen LogP contribution in [-0.4, -0.2) is 46.8 Å². The largest absolute Gasteiger partial charge is 0.493 e. The highest BCUT2D eigenvalue weighted by atomic mass is 32.2. The van der Waals surface area contributed by atoms with E-state index in [9.17, 15) is 4.79 Å². The lowest BCUT2D eigenvalue weighted by atomic mass is 10.3. The average Bonchev–Trinajstić information content (AvgIpc) is 3.33. The highest BCUT2D eigenvalue weighted by molar-refractivity contribution is 7.99. The molecule has 0 radical (unpaired) electrons. The summed E-state index contributed by atoms with van der Waals surface area (Å²) in [5, 5.41) is 11.1. The lowest BCUT2D eigenvalue weighted by Gasteiger charge is -2.10. The molecule has 0 aliphatic rings. The lowest BCUT2D eigenvalue weighted by molar-refractivity contribution is -0.118. The predicted molar refractivity (Wildman–Crippen MR) is 100 cm³/mol. The number of thioether (sulfide) groups is 1. The number of nitrogen functional groups attached to an aromatic ring is 1. The fraction of sp³-hybridized carbons (Fsp3) is 0.235. The molecule has 10 heteroatoms. The predicted octanol–water partition coefficient (Wildman–Crippen LogP) is 1.55. The van der Waals surface area contributed by atoms with E-state index in [1.54, 1.807) is 25.3 Å². The molecule has 0 unspecified atom stereocenters. The smallest absolute Gasteiger partial charge is 0.230 e. The van der Waals surface area contributed by atoms with E-state index >= 15 is 0 Å².